The summed E-state index contributed by atoms with van der Waals surface area (Å²) in [4.78, 5) is 21.4. The van der Waals surface area contributed by atoms with Gasteiger partial charge in [0.15, 0.2) is 0 Å². The standard InChI is InChI=1S/C19H24FN3O4/c1-25-19(24)12-2-3-15-16(8-12)22-18(21-15)11-27-17-10-23(9-14(17)20)13-4-6-26-7-5-13/h2-3,8,13-14,17H,4-7,9-11H2,1H3,(H,21,22). The third-order valence-electron chi connectivity index (χ3n) is 5.32. The van der Waals surface area contributed by atoms with Crippen molar-refractivity contribution in [1.29, 1.82) is 0 Å². The van der Waals surface area contributed by atoms with Crippen LogP contribution in [0.2, 0.25) is 0 Å². The van der Waals surface area contributed by atoms with Crippen molar-refractivity contribution in [1.82, 2.24) is 14.9 Å². The van der Waals surface area contributed by atoms with E-state index >= 15 is 0 Å². The largest absolute Gasteiger partial charge is 0.465 e. The molecule has 146 valence electrons. The highest BCUT2D eigenvalue weighted by atomic mass is 19.1. The van der Waals surface area contributed by atoms with E-state index in [0.717, 1.165) is 37.1 Å². The second kappa shape index (κ2) is 7.92. The van der Waals surface area contributed by atoms with Crippen molar-refractivity contribution >= 4 is 17.0 Å². The Hall–Kier alpha value is -2.03. The molecule has 3 heterocycles. The number of alkyl halides is 1. The number of H-pyrrole nitrogens is 1. The van der Waals surface area contributed by atoms with Crippen LogP contribution in [0, 0.1) is 0 Å². The minimum Gasteiger partial charge on any atom is -0.465 e. The third-order valence-corrected chi connectivity index (χ3v) is 5.32. The van der Waals surface area contributed by atoms with E-state index in [1.807, 2.05) is 0 Å². The number of likely N-dealkylation sites (tertiary alicyclic amines) is 1. The average Bonchev–Trinajstić information content (AvgIpc) is 3.28. The monoisotopic (exact) mass is 377 g/mol. The van der Waals surface area contributed by atoms with E-state index in [1.165, 1.54) is 7.11 Å². The molecule has 7 nitrogen and oxygen atoms in total. The lowest BCUT2D eigenvalue weighted by Crippen LogP contribution is -2.38. The number of fused-ring (bicyclic) bond motifs is 1. The van der Waals surface area contributed by atoms with Crippen molar-refractivity contribution in [2.45, 2.75) is 37.8 Å². The van der Waals surface area contributed by atoms with Crippen LogP contribution >= 0.6 is 0 Å². The Morgan fingerprint density at radius 2 is 2.19 bits per heavy atom. The van der Waals surface area contributed by atoms with Gasteiger partial charge in [-0.15, -0.1) is 0 Å². The molecule has 0 aliphatic carbocycles. The van der Waals surface area contributed by atoms with E-state index in [-0.39, 0.29) is 6.61 Å². The van der Waals surface area contributed by atoms with Crippen LogP contribution < -0.4 is 0 Å². The van der Waals surface area contributed by atoms with E-state index < -0.39 is 18.2 Å². The maximum absolute atomic E-state index is 14.4. The fourth-order valence-electron chi connectivity index (χ4n) is 3.83. The number of imidazole rings is 1. The molecule has 2 aromatic rings. The molecule has 2 aliphatic rings. The van der Waals surface area contributed by atoms with Gasteiger partial charge in [0.05, 0.1) is 23.7 Å². The number of aromatic amines is 1. The van der Waals surface area contributed by atoms with Gasteiger partial charge in [-0.25, -0.2) is 14.2 Å². The Morgan fingerprint density at radius 3 is 2.96 bits per heavy atom. The number of nitrogens with zero attached hydrogens (tertiary/aromatic N) is 2. The molecule has 1 N–H and O–H groups in total. The maximum atomic E-state index is 14.4. The maximum Gasteiger partial charge on any atom is 0.337 e. The molecule has 2 saturated heterocycles. The van der Waals surface area contributed by atoms with Crippen LogP contribution in [0.4, 0.5) is 4.39 Å². The number of carbonyl (C=O) groups excluding carboxylic acids is 1. The minimum absolute atomic E-state index is 0.203. The van der Waals surface area contributed by atoms with Crippen LogP contribution in [0.15, 0.2) is 18.2 Å². The van der Waals surface area contributed by atoms with Crippen LogP contribution in [-0.4, -0.2) is 72.6 Å². The first-order chi connectivity index (χ1) is 13.1. The molecule has 2 fully saturated rings. The number of hydrogen-bond acceptors (Lipinski definition) is 6. The Morgan fingerprint density at radius 1 is 1.37 bits per heavy atom. The van der Waals surface area contributed by atoms with E-state index in [4.69, 9.17) is 14.2 Å². The summed E-state index contributed by atoms with van der Waals surface area (Å²) in [7, 11) is 1.34. The molecule has 8 heteroatoms. The molecular weight excluding hydrogens is 353 g/mol. The summed E-state index contributed by atoms with van der Waals surface area (Å²) in [5.41, 5.74) is 1.91. The number of rotatable bonds is 5. The zero-order chi connectivity index (χ0) is 18.8. The highest BCUT2D eigenvalue weighted by molar-refractivity contribution is 5.93. The second-order valence-electron chi connectivity index (χ2n) is 7.07. The summed E-state index contributed by atoms with van der Waals surface area (Å²) in [6.45, 7) is 2.71. The molecule has 2 unspecified atom stereocenters. The lowest BCUT2D eigenvalue weighted by atomic mass is 10.1. The van der Waals surface area contributed by atoms with Gasteiger partial charge in [-0.3, -0.25) is 4.90 Å². The summed E-state index contributed by atoms with van der Waals surface area (Å²) in [6.07, 6.45) is 0.451. The minimum atomic E-state index is -0.997. The van der Waals surface area contributed by atoms with Gasteiger partial charge >= 0.3 is 5.97 Å². The molecule has 1 aromatic carbocycles. The molecule has 2 aliphatic heterocycles. The molecule has 0 saturated carbocycles. The molecule has 0 amide bonds. The molecule has 1 aromatic heterocycles. The van der Waals surface area contributed by atoms with Crippen molar-refractivity contribution < 1.29 is 23.4 Å². The van der Waals surface area contributed by atoms with Crippen LogP contribution in [-0.2, 0) is 20.8 Å². The zero-order valence-electron chi connectivity index (χ0n) is 15.3. The van der Waals surface area contributed by atoms with E-state index in [0.29, 0.717) is 30.5 Å². The number of esters is 1. The molecular formula is C19H24FN3O4. The lowest BCUT2D eigenvalue weighted by molar-refractivity contribution is 0.00313. The number of methoxy groups -OCH3 is 1. The number of ether oxygens (including phenoxy) is 3. The molecule has 0 radical (unpaired) electrons. The third kappa shape index (κ3) is 3.97. The summed E-state index contributed by atoms with van der Waals surface area (Å²) in [5, 5.41) is 0. The predicted molar refractivity (Wildman–Crippen MR) is 96.3 cm³/mol. The number of nitrogens with one attached hydrogen (secondary N) is 1. The van der Waals surface area contributed by atoms with E-state index in [2.05, 4.69) is 14.9 Å². The lowest BCUT2D eigenvalue weighted by Gasteiger charge is -2.30. The van der Waals surface area contributed by atoms with Crippen molar-refractivity contribution in [3.63, 3.8) is 0 Å². The predicted octanol–water partition coefficient (Wildman–Crippen LogP) is 2.07. The van der Waals surface area contributed by atoms with Gasteiger partial charge in [-0.2, -0.15) is 0 Å². The second-order valence-corrected chi connectivity index (χ2v) is 7.07. The summed E-state index contributed by atoms with van der Waals surface area (Å²) >= 11 is 0. The van der Waals surface area contributed by atoms with Crippen molar-refractivity contribution in [3.8, 4) is 0 Å². The van der Waals surface area contributed by atoms with Crippen LogP contribution in [0.25, 0.3) is 11.0 Å². The fraction of sp³-hybridized carbons (Fsp3) is 0.579. The smallest absolute Gasteiger partial charge is 0.337 e. The van der Waals surface area contributed by atoms with Gasteiger partial charge in [0.2, 0.25) is 0 Å². The first kappa shape index (κ1) is 18.3. The van der Waals surface area contributed by atoms with Gasteiger partial charge < -0.3 is 19.2 Å². The molecule has 0 bridgehead atoms. The highest BCUT2D eigenvalue weighted by Crippen LogP contribution is 2.24. The van der Waals surface area contributed by atoms with Gasteiger partial charge in [0.25, 0.3) is 0 Å². The quantitative estimate of drug-likeness (QED) is 0.804. The average molecular weight is 377 g/mol. The SMILES string of the molecule is COC(=O)c1ccc2nc(COC3CN(C4CCOCC4)CC3F)[nH]c2c1. The van der Waals surface area contributed by atoms with Gasteiger partial charge in [-0.1, -0.05) is 0 Å². The van der Waals surface area contributed by atoms with Crippen LogP contribution in [0.3, 0.4) is 0 Å². The van der Waals surface area contributed by atoms with Gasteiger partial charge in [0, 0.05) is 32.3 Å². The van der Waals surface area contributed by atoms with E-state index in [1.54, 1.807) is 18.2 Å². The summed E-state index contributed by atoms with van der Waals surface area (Å²) in [5.74, 6) is 0.215. The normalized spacial score (nSPS) is 24.5. The van der Waals surface area contributed by atoms with E-state index in [9.17, 15) is 9.18 Å². The van der Waals surface area contributed by atoms with Crippen molar-refractivity contribution in [2.75, 3.05) is 33.4 Å². The van der Waals surface area contributed by atoms with Crippen LogP contribution in [0.1, 0.15) is 29.0 Å². The summed E-state index contributed by atoms with van der Waals surface area (Å²) < 4.78 is 30.3. The Labute approximate surface area is 156 Å². The van der Waals surface area contributed by atoms with Crippen molar-refractivity contribution in [2.24, 2.45) is 0 Å². The first-order valence-electron chi connectivity index (χ1n) is 9.28. The molecule has 2 atom stereocenters. The Bertz CT molecular complexity index is 805. The van der Waals surface area contributed by atoms with Gasteiger partial charge in [0.1, 0.15) is 24.7 Å². The fourth-order valence-corrected chi connectivity index (χ4v) is 3.83. The first-order valence-corrected chi connectivity index (χ1v) is 9.28. The Balaban J connectivity index is 1.37. The number of halogens is 1. The molecule has 4 rings (SSSR count). The number of aromatic nitrogens is 2. The number of carbonyl (C=O) groups is 1. The summed E-state index contributed by atoms with van der Waals surface area (Å²) in [6, 6.07) is 5.49. The van der Waals surface area contributed by atoms with Gasteiger partial charge in [-0.05, 0) is 31.0 Å². The zero-order valence-corrected chi connectivity index (χ0v) is 15.3. The number of hydrogen-bond donors (Lipinski definition) is 1. The van der Waals surface area contributed by atoms with Crippen LogP contribution in [0.5, 0.6) is 0 Å². The Kier molecular flexibility index (Phi) is 5.38. The number of benzene rings is 1. The molecule has 0 spiro atoms. The topological polar surface area (TPSA) is 76.7 Å². The van der Waals surface area contributed by atoms with Crippen molar-refractivity contribution in [3.05, 3.63) is 29.6 Å². The molecule has 27 heavy (non-hydrogen) atoms. The highest BCUT2D eigenvalue weighted by Gasteiger charge is 2.37.